The number of nitrogens with zero attached hydrogens (tertiary/aromatic N) is 3. The maximum atomic E-state index is 13.9. The Labute approximate surface area is 199 Å². The van der Waals surface area contributed by atoms with Crippen LogP contribution < -0.4 is 10.3 Å². The van der Waals surface area contributed by atoms with E-state index in [0.717, 1.165) is 49.2 Å². The minimum Gasteiger partial charge on any atom is -0.495 e. The number of hydrogen-bond acceptors (Lipinski definition) is 6. The molecule has 1 saturated heterocycles. The maximum Gasteiger partial charge on any atom is 0.267 e. The predicted octanol–water partition coefficient (Wildman–Crippen LogP) is 4.56. The first-order chi connectivity index (χ1) is 15.5. The Morgan fingerprint density at radius 1 is 1.38 bits per heavy atom. The fourth-order valence-corrected chi connectivity index (χ4v) is 6.80. The highest BCUT2D eigenvalue weighted by Gasteiger charge is 2.27. The van der Waals surface area contributed by atoms with E-state index in [2.05, 4.69) is 6.92 Å². The molecule has 1 unspecified atom stereocenters. The van der Waals surface area contributed by atoms with Gasteiger partial charge in [0.25, 0.3) is 5.56 Å². The number of aromatic nitrogens is 2. The molecule has 1 aliphatic carbocycles. The number of thiophene rings is 1. The number of thioether (sulfide) groups is 1. The molecule has 0 saturated carbocycles. The summed E-state index contributed by atoms with van der Waals surface area (Å²) >= 11 is 9.21. The van der Waals surface area contributed by atoms with Crippen LogP contribution in [0.25, 0.3) is 15.9 Å². The van der Waals surface area contributed by atoms with E-state index in [4.69, 9.17) is 21.3 Å². The zero-order valence-corrected chi connectivity index (χ0v) is 20.4. The second kappa shape index (κ2) is 8.72. The van der Waals surface area contributed by atoms with Crippen molar-refractivity contribution in [1.82, 2.24) is 14.5 Å². The molecule has 2 aliphatic rings. The molecule has 1 atom stereocenters. The highest BCUT2D eigenvalue weighted by atomic mass is 35.5. The van der Waals surface area contributed by atoms with Gasteiger partial charge in [-0.2, -0.15) is 0 Å². The first-order valence-corrected chi connectivity index (χ1v) is 13.0. The Kier molecular flexibility index (Phi) is 5.94. The molecule has 1 aliphatic heterocycles. The van der Waals surface area contributed by atoms with Crippen molar-refractivity contribution in [3.05, 3.63) is 44.0 Å². The van der Waals surface area contributed by atoms with Crippen molar-refractivity contribution in [3.63, 3.8) is 0 Å². The van der Waals surface area contributed by atoms with Crippen LogP contribution in [0.1, 0.15) is 30.2 Å². The average Bonchev–Trinajstić information content (AvgIpc) is 3.08. The zero-order valence-electron chi connectivity index (χ0n) is 18.0. The molecule has 32 heavy (non-hydrogen) atoms. The van der Waals surface area contributed by atoms with E-state index < -0.39 is 0 Å². The van der Waals surface area contributed by atoms with Crippen molar-refractivity contribution in [2.75, 3.05) is 26.0 Å². The summed E-state index contributed by atoms with van der Waals surface area (Å²) in [6.07, 6.45) is 3.98. The fraction of sp³-hybridized carbons (Fsp3) is 0.435. The molecule has 0 N–H and O–H groups in total. The van der Waals surface area contributed by atoms with Crippen LogP contribution in [0.15, 0.2) is 28.2 Å². The summed E-state index contributed by atoms with van der Waals surface area (Å²) < 4.78 is 7.12. The summed E-state index contributed by atoms with van der Waals surface area (Å²) in [6.45, 7) is 3.85. The number of likely N-dealkylation sites (tertiary alicyclic amines) is 1. The van der Waals surface area contributed by atoms with Gasteiger partial charge >= 0.3 is 0 Å². The molecule has 3 aromatic rings. The molecule has 5 rings (SSSR count). The van der Waals surface area contributed by atoms with Crippen molar-refractivity contribution in [2.24, 2.45) is 5.92 Å². The topological polar surface area (TPSA) is 64.4 Å². The molecule has 168 valence electrons. The van der Waals surface area contributed by atoms with E-state index in [0.29, 0.717) is 32.9 Å². The first kappa shape index (κ1) is 21.8. The fourth-order valence-electron chi connectivity index (χ4n) is 4.30. The predicted molar refractivity (Wildman–Crippen MR) is 130 cm³/mol. The standard InChI is InChI=1S/C23H24ClN3O3S2/c1-13-4-6-15-18(10-13)32-21-20(15)22(29)27(16-11-14(24)5-7-17(16)30-2)23(25-21)31-12-19(28)26-8-3-9-26/h5,7,11,13H,3-4,6,8-10,12H2,1-2H3. The Bertz CT molecular complexity index is 1270. The van der Waals surface area contributed by atoms with Crippen LogP contribution in [-0.2, 0) is 17.6 Å². The Balaban J connectivity index is 1.68. The van der Waals surface area contributed by atoms with E-state index >= 15 is 0 Å². The number of fused-ring (bicyclic) bond motifs is 3. The number of methoxy groups -OCH3 is 1. The van der Waals surface area contributed by atoms with Gasteiger partial charge in [0.05, 0.1) is 23.9 Å². The van der Waals surface area contributed by atoms with Crippen LogP contribution in [0.5, 0.6) is 5.75 Å². The quantitative estimate of drug-likeness (QED) is 0.388. The molecule has 6 nitrogen and oxygen atoms in total. The number of benzene rings is 1. The Morgan fingerprint density at radius 2 is 2.19 bits per heavy atom. The highest BCUT2D eigenvalue weighted by Crippen LogP contribution is 2.38. The lowest BCUT2D eigenvalue weighted by Crippen LogP contribution is -2.43. The third kappa shape index (κ3) is 3.82. The number of rotatable bonds is 5. The van der Waals surface area contributed by atoms with Crippen LogP contribution in [0, 0.1) is 5.92 Å². The molecule has 0 bridgehead atoms. The molecule has 1 amide bonds. The first-order valence-electron chi connectivity index (χ1n) is 10.8. The van der Waals surface area contributed by atoms with Gasteiger partial charge in [-0.1, -0.05) is 30.3 Å². The summed E-state index contributed by atoms with van der Waals surface area (Å²) in [5, 5.41) is 1.68. The molecular formula is C23H24ClN3O3S2. The summed E-state index contributed by atoms with van der Waals surface area (Å²) in [5.41, 5.74) is 1.55. The van der Waals surface area contributed by atoms with E-state index in [9.17, 15) is 9.59 Å². The number of aryl methyl sites for hydroxylation is 1. The summed E-state index contributed by atoms with van der Waals surface area (Å²) in [6, 6.07) is 5.20. The summed E-state index contributed by atoms with van der Waals surface area (Å²) in [7, 11) is 1.57. The Morgan fingerprint density at radius 3 is 2.91 bits per heavy atom. The van der Waals surface area contributed by atoms with E-state index in [1.165, 1.54) is 16.6 Å². The van der Waals surface area contributed by atoms with E-state index in [-0.39, 0.29) is 17.2 Å². The van der Waals surface area contributed by atoms with Crippen LogP contribution in [0.4, 0.5) is 0 Å². The monoisotopic (exact) mass is 489 g/mol. The third-order valence-corrected chi connectivity index (χ3v) is 8.52. The van der Waals surface area contributed by atoms with Crippen LogP contribution in [0.3, 0.4) is 0 Å². The lowest BCUT2D eigenvalue weighted by atomic mass is 9.89. The second-order valence-corrected chi connectivity index (χ2v) is 10.9. The molecular weight excluding hydrogens is 466 g/mol. The number of amides is 1. The van der Waals surface area contributed by atoms with Crippen molar-refractivity contribution in [2.45, 2.75) is 37.8 Å². The molecule has 9 heteroatoms. The van der Waals surface area contributed by atoms with Gasteiger partial charge < -0.3 is 9.64 Å². The van der Waals surface area contributed by atoms with Crippen molar-refractivity contribution in [1.29, 1.82) is 0 Å². The average molecular weight is 490 g/mol. The van der Waals surface area contributed by atoms with Crippen LogP contribution >= 0.6 is 34.7 Å². The highest BCUT2D eigenvalue weighted by molar-refractivity contribution is 7.99. The lowest BCUT2D eigenvalue weighted by molar-refractivity contribution is -0.131. The SMILES string of the molecule is COc1ccc(Cl)cc1-n1c(SCC(=O)N2CCC2)nc2sc3c(c2c1=O)CCC(C)C3. The maximum absolute atomic E-state index is 13.9. The van der Waals surface area contributed by atoms with Gasteiger partial charge in [-0.05, 0) is 55.4 Å². The third-order valence-electron chi connectivity index (χ3n) is 6.21. The summed E-state index contributed by atoms with van der Waals surface area (Å²) in [5.74, 6) is 1.45. The molecule has 0 radical (unpaired) electrons. The van der Waals surface area contributed by atoms with Crippen molar-refractivity contribution < 1.29 is 9.53 Å². The van der Waals surface area contributed by atoms with Gasteiger partial charge in [0, 0.05) is 23.0 Å². The van der Waals surface area contributed by atoms with Crippen LogP contribution in [-0.4, -0.2) is 46.3 Å². The number of hydrogen-bond donors (Lipinski definition) is 0. The number of carbonyl (C=O) groups excluding carboxylic acids is 1. The molecule has 2 aromatic heterocycles. The number of carbonyl (C=O) groups is 1. The van der Waals surface area contributed by atoms with Gasteiger partial charge in [0.15, 0.2) is 5.16 Å². The number of halogens is 1. The smallest absolute Gasteiger partial charge is 0.267 e. The second-order valence-electron chi connectivity index (χ2n) is 8.41. The molecule has 0 spiro atoms. The van der Waals surface area contributed by atoms with E-state index in [1.54, 1.807) is 41.2 Å². The largest absolute Gasteiger partial charge is 0.495 e. The van der Waals surface area contributed by atoms with Crippen molar-refractivity contribution >= 4 is 50.8 Å². The van der Waals surface area contributed by atoms with Gasteiger partial charge in [0.2, 0.25) is 5.91 Å². The minimum atomic E-state index is -0.124. The van der Waals surface area contributed by atoms with E-state index in [1.807, 2.05) is 4.90 Å². The van der Waals surface area contributed by atoms with Gasteiger partial charge in [-0.25, -0.2) is 4.98 Å². The lowest BCUT2D eigenvalue weighted by Gasteiger charge is -2.30. The van der Waals surface area contributed by atoms with Gasteiger partial charge in [0.1, 0.15) is 10.6 Å². The number of ether oxygens (including phenoxy) is 1. The summed E-state index contributed by atoms with van der Waals surface area (Å²) in [4.78, 5) is 35.2. The molecule has 1 aromatic carbocycles. The molecule has 3 heterocycles. The van der Waals surface area contributed by atoms with Gasteiger partial charge in [-0.15, -0.1) is 11.3 Å². The van der Waals surface area contributed by atoms with Crippen LogP contribution in [0.2, 0.25) is 5.02 Å². The normalized spacial score (nSPS) is 17.8. The molecule has 1 fully saturated rings. The minimum absolute atomic E-state index is 0.0690. The van der Waals surface area contributed by atoms with Crippen molar-refractivity contribution in [3.8, 4) is 11.4 Å². The Hall–Kier alpha value is -2.03. The zero-order chi connectivity index (χ0) is 22.4. The van der Waals surface area contributed by atoms with Gasteiger partial charge in [-0.3, -0.25) is 14.2 Å².